The third-order valence-corrected chi connectivity index (χ3v) is 3.67. The Bertz CT molecular complexity index is 526. The molecule has 1 saturated heterocycles. The molecule has 0 spiro atoms. The minimum atomic E-state index is -1.06. The summed E-state index contributed by atoms with van der Waals surface area (Å²) in [5, 5.41) is 12.0. The van der Waals surface area contributed by atoms with E-state index in [1.165, 1.54) is 11.0 Å². The zero-order valence-corrected chi connectivity index (χ0v) is 12.2. The number of carboxylic acids is 1. The van der Waals surface area contributed by atoms with Gasteiger partial charge in [0.05, 0.1) is 23.4 Å². The predicted molar refractivity (Wildman–Crippen MR) is 78.8 cm³/mol. The highest BCUT2D eigenvalue weighted by Gasteiger charge is 2.25. The van der Waals surface area contributed by atoms with Crippen LogP contribution >= 0.6 is 0 Å². The van der Waals surface area contributed by atoms with Gasteiger partial charge < -0.3 is 15.2 Å². The van der Waals surface area contributed by atoms with E-state index in [2.05, 4.69) is 5.32 Å². The van der Waals surface area contributed by atoms with Crippen molar-refractivity contribution in [1.29, 1.82) is 0 Å². The van der Waals surface area contributed by atoms with Crippen LogP contribution in [0.2, 0.25) is 0 Å². The summed E-state index contributed by atoms with van der Waals surface area (Å²) >= 11 is 0. The van der Waals surface area contributed by atoms with Gasteiger partial charge in [-0.1, -0.05) is 12.1 Å². The summed E-state index contributed by atoms with van der Waals surface area (Å²) in [6, 6.07) is 5.97. The number of carboxylic acid groups (broad SMARTS) is 1. The van der Waals surface area contributed by atoms with Crippen LogP contribution in [-0.2, 0) is 4.74 Å². The van der Waals surface area contributed by atoms with Crippen LogP contribution < -0.4 is 10.2 Å². The smallest absolute Gasteiger partial charge is 0.337 e. The fraction of sp³-hybridized carbons (Fsp3) is 0.467. The normalized spacial score (nSPS) is 19.0. The maximum Gasteiger partial charge on any atom is 0.337 e. The first-order valence-electron chi connectivity index (χ1n) is 6.99. The summed E-state index contributed by atoms with van der Waals surface area (Å²) in [6.45, 7) is 2.62. The first kappa shape index (κ1) is 15.3. The number of rotatable bonds is 4. The number of urea groups is 1. The van der Waals surface area contributed by atoms with Crippen LogP contribution in [0.25, 0.3) is 0 Å². The van der Waals surface area contributed by atoms with E-state index in [-0.39, 0.29) is 23.7 Å². The fourth-order valence-corrected chi connectivity index (χ4v) is 2.44. The van der Waals surface area contributed by atoms with E-state index >= 15 is 0 Å². The monoisotopic (exact) mass is 292 g/mol. The third kappa shape index (κ3) is 3.52. The highest BCUT2D eigenvalue weighted by Crippen LogP contribution is 2.20. The molecule has 1 aromatic rings. The van der Waals surface area contributed by atoms with Crippen molar-refractivity contribution in [2.75, 3.05) is 18.6 Å². The average molecular weight is 292 g/mol. The van der Waals surface area contributed by atoms with Crippen LogP contribution in [0, 0.1) is 0 Å². The summed E-state index contributed by atoms with van der Waals surface area (Å²) in [6.07, 6.45) is 1.96. The second-order valence-electron chi connectivity index (χ2n) is 5.17. The number of nitrogens with one attached hydrogen (secondary N) is 1. The van der Waals surface area contributed by atoms with Gasteiger partial charge in [-0.25, -0.2) is 9.59 Å². The van der Waals surface area contributed by atoms with Crippen molar-refractivity contribution in [3.63, 3.8) is 0 Å². The number of aromatic carboxylic acids is 1. The molecule has 2 rings (SSSR count). The van der Waals surface area contributed by atoms with E-state index < -0.39 is 5.97 Å². The van der Waals surface area contributed by atoms with E-state index in [0.717, 1.165) is 19.4 Å². The van der Waals surface area contributed by atoms with Gasteiger partial charge in [0.2, 0.25) is 0 Å². The average Bonchev–Trinajstić information content (AvgIpc) is 3.00. The zero-order valence-electron chi connectivity index (χ0n) is 12.2. The molecule has 114 valence electrons. The molecule has 6 nitrogen and oxygen atoms in total. The molecule has 0 aromatic heterocycles. The highest BCUT2D eigenvalue weighted by atomic mass is 16.5. The Labute approximate surface area is 123 Å². The van der Waals surface area contributed by atoms with E-state index in [4.69, 9.17) is 4.74 Å². The molecular formula is C15H20N2O4. The quantitative estimate of drug-likeness (QED) is 0.890. The van der Waals surface area contributed by atoms with E-state index in [1.807, 2.05) is 6.92 Å². The first-order chi connectivity index (χ1) is 10.0. The topological polar surface area (TPSA) is 78.9 Å². The number of benzene rings is 1. The van der Waals surface area contributed by atoms with Crippen molar-refractivity contribution in [2.45, 2.75) is 31.9 Å². The lowest BCUT2D eigenvalue weighted by Crippen LogP contribution is -2.47. The standard InChI is InChI=1S/C15H20N2O4/c1-10(13-8-5-9-21-13)16-15(20)17(2)12-7-4-3-6-11(12)14(18)19/h3-4,6-7,10,13H,5,8-9H2,1-2H3,(H,16,20)(H,18,19). The Hall–Kier alpha value is -2.08. The third-order valence-electron chi connectivity index (χ3n) is 3.67. The number of nitrogens with zero attached hydrogens (tertiary/aromatic N) is 1. The Balaban J connectivity index is 2.07. The van der Waals surface area contributed by atoms with E-state index in [1.54, 1.807) is 25.2 Å². The van der Waals surface area contributed by atoms with Crippen LogP contribution in [0.4, 0.5) is 10.5 Å². The van der Waals surface area contributed by atoms with Gasteiger partial charge in [0.1, 0.15) is 0 Å². The number of para-hydroxylation sites is 1. The Morgan fingerprint density at radius 1 is 1.43 bits per heavy atom. The molecule has 2 unspecified atom stereocenters. The molecule has 2 amide bonds. The molecule has 0 aliphatic carbocycles. The molecule has 1 aromatic carbocycles. The van der Waals surface area contributed by atoms with Crippen molar-refractivity contribution < 1.29 is 19.4 Å². The summed E-state index contributed by atoms with van der Waals surface area (Å²) in [5.41, 5.74) is 0.460. The van der Waals surface area contributed by atoms with Crippen LogP contribution in [-0.4, -0.2) is 42.9 Å². The Morgan fingerprint density at radius 3 is 2.76 bits per heavy atom. The van der Waals surface area contributed by atoms with Gasteiger partial charge in [-0.3, -0.25) is 4.90 Å². The molecule has 21 heavy (non-hydrogen) atoms. The lowest BCUT2D eigenvalue weighted by Gasteiger charge is -2.25. The number of anilines is 1. The zero-order chi connectivity index (χ0) is 15.4. The van der Waals surface area contributed by atoms with Gasteiger partial charge >= 0.3 is 12.0 Å². The van der Waals surface area contributed by atoms with Crippen molar-refractivity contribution in [2.24, 2.45) is 0 Å². The van der Waals surface area contributed by atoms with Gasteiger partial charge in [0.15, 0.2) is 0 Å². The van der Waals surface area contributed by atoms with Crippen molar-refractivity contribution in [3.05, 3.63) is 29.8 Å². The number of carbonyl (C=O) groups excluding carboxylic acids is 1. The largest absolute Gasteiger partial charge is 0.478 e. The summed E-state index contributed by atoms with van der Waals surface area (Å²) in [7, 11) is 1.55. The molecule has 1 aliphatic heterocycles. The number of ether oxygens (including phenoxy) is 1. The summed E-state index contributed by atoms with van der Waals surface area (Å²) in [5.74, 6) is -1.06. The van der Waals surface area contributed by atoms with E-state index in [9.17, 15) is 14.7 Å². The number of amides is 2. The van der Waals surface area contributed by atoms with E-state index in [0.29, 0.717) is 5.69 Å². The molecule has 2 atom stereocenters. The maximum atomic E-state index is 12.3. The predicted octanol–water partition coefficient (Wildman–Crippen LogP) is 2.10. The molecular weight excluding hydrogens is 272 g/mol. The fourth-order valence-electron chi connectivity index (χ4n) is 2.44. The summed E-state index contributed by atoms with van der Waals surface area (Å²) < 4.78 is 5.54. The van der Waals surface area contributed by atoms with Crippen molar-refractivity contribution in [1.82, 2.24) is 5.32 Å². The number of carbonyl (C=O) groups is 2. The molecule has 0 bridgehead atoms. The molecule has 1 aliphatic rings. The molecule has 1 fully saturated rings. The van der Waals surface area contributed by atoms with Gasteiger partial charge in [-0.05, 0) is 31.9 Å². The number of hydrogen-bond donors (Lipinski definition) is 2. The summed E-state index contributed by atoms with van der Waals surface area (Å²) in [4.78, 5) is 24.8. The second-order valence-corrected chi connectivity index (χ2v) is 5.17. The SMILES string of the molecule is CC(NC(=O)N(C)c1ccccc1C(=O)O)C1CCCO1. The lowest BCUT2D eigenvalue weighted by molar-refractivity contribution is 0.0697. The van der Waals surface area contributed by atoms with Crippen molar-refractivity contribution in [3.8, 4) is 0 Å². The highest BCUT2D eigenvalue weighted by molar-refractivity contribution is 6.01. The van der Waals surface area contributed by atoms with Crippen LogP contribution in [0.3, 0.4) is 0 Å². The molecule has 1 heterocycles. The van der Waals surface area contributed by atoms with Crippen LogP contribution in [0.1, 0.15) is 30.1 Å². The van der Waals surface area contributed by atoms with Crippen LogP contribution in [0.15, 0.2) is 24.3 Å². The van der Waals surface area contributed by atoms with Gasteiger partial charge in [-0.2, -0.15) is 0 Å². The molecule has 0 saturated carbocycles. The molecule has 2 N–H and O–H groups in total. The van der Waals surface area contributed by atoms with Gasteiger partial charge in [-0.15, -0.1) is 0 Å². The van der Waals surface area contributed by atoms with Gasteiger partial charge in [0, 0.05) is 13.7 Å². The van der Waals surface area contributed by atoms with Crippen LogP contribution in [0.5, 0.6) is 0 Å². The Morgan fingerprint density at radius 2 is 2.14 bits per heavy atom. The lowest BCUT2D eigenvalue weighted by atomic mass is 10.1. The minimum Gasteiger partial charge on any atom is -0.478 e. The van der Waals surface area contributed by atoms with Gasteiger partial charge in [0.25, 0.3) is 0 Å². The Kier molecular flexibility index (Phi) is 4.80. The minimum absolute atomic E-state index is 0.0251. The number of hydrogen-bond acceptors (Lipinski definition) is 3. The maximum absolute atomic E-state index is 12.3. The first-order valence-corrected chi connectivity index (χ1v) is 6.99. The molecule has 0 radical (unpaired) electrons. The van der Waals surface area contributed by atoms with Crippen molar-refractivity contribution >= 4 is 17.7 Å². The molecule has 6 heteroatoms. The second kappa shape index (κ2) is 6.58.